The van der Waals surface area contributed by atoms with Crippen LogP contribution in [0.2, 0.25) is 0 Å². The van der Waals surface area contributed by atoms with Gasteiger partial charge in [-0.1, -0.05) is 54.1 Å². The second-order valence-electron chi connectivity index (χ2n) is 11.0. The highest BCUT2D eigenvalue weighted by atomic mass is 32.2. The van der Waals surface area contributed by atoms with Gasteiger partial charge >= 0.3 is 5.97 Å². The maximum Gasteiger partial charge on any atom is 0.341 e. The molecule has 2 heterocycles. The summed E-state index contributed by atoms with van der Waals surface area (Å²) in [6, 6.07) is 23.2. The molecule has 0 bridgehead atoms. The summed E-state index contributed by atoms with van der Waals surface area (Å²) in [7, 11) is 1.29. The summed E-state index contributed by atoms with van der Waals surface area (Å²) < 4.78 is 5.00. The van der Waals surface area contributed by atoms with Gasteiger partial charge < -0.3 is 25.6 Å². The summed E-state index contributed by atoms with van der Waals surface area (Å²) in [5.41, 5.74) is 3.89. The maximum absolute atomic E-state index is 13.5. The van der Waals surface area contributed by atoms with Crippen molar-refractivity contribution < 1.29 is 28.7 Å². The van der Waals surface area contributed by atoms with Crippen LogP contribution in [0, 0.1) is 6.92 Å². The number of thioether (sulfide) groups is 1. The molecule has 48 heavy (non-hydrogen) atoms. The fourth-order valence-electron chi connectivity index (χ4n) is 5.02. The van der Waals surface area contributed by atoms with Crippen LogP contribution in [0.1, 0.15) is 49.2 Å². The maximum atomic E-state index is 13.5. The highest BCUT2D eigenvalue weighted by molar-refractivity contribution is 8.00. The van der Waals surface area contributed by atoms with Gasteiger partial charge in [0.25, 0.3) is 11.8 Å². The van der Waals surface area contributed by atoms with Crippen LogP contribution in [0.4, 0.5) is 10.7 Å². The number of fused-ring (bicyclic) bond motifs is 1. The molecular formula is C36H34N4O6S2. The average molecular weight is 683 g/mol. The van der Waals surface area contributed by atoms with Gasteiger partial charge in [-0.05, 0) is 60.9 Å². The number of thiophene rings is 1. The Labute approximate surface area is 286 Å². The van der Waals surface area contributed by atoms with Crippen LogP contribution >= 0.6 is 23.1 Å². The smallest absolute Gasteiger partial charge is 0.341 e. The molecule has 5 rings (SSSR count). The number of rotatable bonds is 10. The van der Waals surface area contributed by atoms with E-state index < -0.39 is 17.8 Å². The van der Waals surface area contributed by atoms with Gasteiger partial charge in [-0.2, -0.15) is 0 Å². The quantitative estimate of drug-likeness (QED) is 0.108. The Morgan fingerprint density at radius 2 is 1.71 bits per heavy atom. The predicted octanol–water partition coefficient (Wildman–Crippen LogP) is 5.89. The number of carbonyl (C=O) groups is 5. The van der Waals surface area contributed by atoms with Crippen molar-refractivity contribution in [1.29, 1.82) is 0 Å². The molecule has 0 fully saturated rings. The number of benzene rings is 3. The Morgan fingerprint density at radius 1 is 0.958 bits per heavy atom. The number of methoxy groups -OCH3 is 1. The van der Waals surface area contributed by atoms with E-state index >= 15 is 0 Å². The number of carbonyl (C=O) groups excluding carboxylic acids is 5. The number of nitrogens with zero attached hydrogens (tertiary/aromatic N) is 1. The molecule has 0 spiro atoms. The first-order valence-electron chi connectivity index (χ1n) is 15.1. The number of nitrogens with one attached hydrogen (secondary N) is 3. The van der Waals surface area contributed by atoms with E-state index in [4.69, 9.17) is 4.74 Å². The Kier molecular flexibility index (Phi) is 11.1. The number of amides is 4. The molecule has 0 atom stereocenters. The minimum atomic E-state index is -0.536. The first kappa shape index (κ1) is 34.1. The molecular weight excluding hydrogens is 649 g/mol. The highest BCUT2D eigenvalue weighted by Gasteiger charge is 2.30. The SMILES string of the molecule is COC(=O)c1c(NC(=O)CSc2cccc(NC(=O)/C(=C/c3ccc(C)cc3)NC(=O)c3ccccc3)c2)sc2c1CCN(C(C)=O)C2. The lowest BCUT2D eigenvalue weighted by Gasteiger charge is -2.25. The second kappa shape index (κ2) is 15.6. The Balaban J connectivity index is 1.26. The summed E-state index contributed by atoms with van der Waals surface area (Å²) in [5, 5.41) is 8.84. The van der Waals surface area contributed by atoms with Crippen LogP contribution in [0.3, 0.4) is 0 Å². The zero-order chi connectivity index (χ0) is 34.2. The molecule has 4 amide bonds. The van der Waals surface area contributed by atoms with Crippen molar-refractivity contribution in [2.45, 2.75) is 31.7 Å². The summed E-state index contributed by atoms with van der Waals surface area (Å²) >= 11 is 2.53. The molecule has 3 N–H and O–H groups in total. The molecule has 1 aliphatic heterocycles. The van der Waals surface area contributed by atoms with Crippen molar-refractivity contribution in [3.8, 4) is 0 Å². The van der Waals surface area contributed by atoms with E-state index in [2.05, 4.69) is 16.0 Å². The number of aryl methyl sites for hydroxylation is 1. The first-order chi connectivity index (χ1) is 23.1. The molecule has 1 aliphatic rings. The highest BCUT2D eigenvalue weighted by Crippen LogP contribution is 2.38. The van der Waals surface area contributed by atoms with E-state index in [1.807, 2.05) is 37.3 Å². The number of hydrogen-bond donors (Lipinski definition) is 3. The van der Waals surface area contributed by atoms with Crippen molar-refractivity contribution in [2.75, 3.05) is 30.0 Å². The normalized spacial score (nSPS) is 12.5. The third-order valence-electron chi connectivity index (χ3n) is 7.52. The molecule has 0 unspecified atom stereocenters. The van der Waals surface area contributed by atoms with Crippen molar-refractivity contribution in [2.24, 2.45) is 0 Å². The number of anilines is 2. The van der Waals surface area contributed by atoms with Crippen LogP contribution in [-0.2, 0) is 32.1 Å². The van der Waals surface area contributed by atoms with Gasteiger partial charge in [-0.25, -0.2) is 4.79 Å². The third kappa shape index (κ3) is 8.58. The van der Waals surface area contributed by atoms with E-state index in [9.17, 15) is 24.0 Å². The number of hydrogen-bond acceptors (Lipinski definition) is 8. The van der Waals surface area contributed by atoms with Gasteiger partial charge in [0.1, 0.15) is 10.7 Å². The van der Waals surface area contributed by atoms with Crippen LogP contribution in [0.5, 0.6) is 0 Å². The largest absolute Gasteiger partial charge is 0.465 e. The fraction of sp³-hybridized carbons (Fsp3) is 0.194. The minimum Gasteiger partial charge on any atom is -0.465 e. The topological polar surface area (TPSA) is 134 Å². The molecule has 0 saturated heterocycles. The molecule has 1 aromatic heterocycles. The minimum absolute atomic E-state index is 0.0336. The van der Waals surface area contributed by atoms with Crippen molar-refractivity contribution >= 4 is 69.5 Å². The lowest BCUT2D eigenvalue weighted by Crippen LogP contribution is -2.33. The lowest BCUT2D eigenvalue weighted by atomic mass is 10.0. The molecule has 0 saturated carbocycles. The van der Waals surface area contributed by atoms with Gasteiger partial charge in [0, 0.05) is 34.5 Å². The lowest BCUT2D eigenvalue weighted by molar-refractivity contribution is -0.129. The van der Waals surface area contributed by atoms with E-state index in [1.165, 1.54) is 37.1 Å². The summed E-state index contributed by atoms with van der Waals surface area (Å²) in [5.74, 6) is -1.81. The zero-order valence-electron chi connectivity index (χ0n) is 26.6. The van der Waals surface area contributed by atoms with E-state index in [0.717, 1.165) is 26.5 Å². The molecule has 12 heteroatoms. The summed E-state index contributed by atoms with van der Waals surface area (Å²) in [6.45, 7) is 4.33. The van der Waals surface area contributed by atoms with Crippen LogP contribution < -0.4 is 16.0 Å². The predicted molar refractivity (Wildman–Crippen MR) is 188 cm³/mol. The molecule has 246 valence electrons. The fourth-order valence-corrected chi connectivity index (χ4v) is 7.05. The Bertz CT molecular complexity index is 1890. The van der Waals surface area contributed by atoms with Gasteiger partial charge in [0.15, 0.2) is 0 Å². The zero-order valence-corrected chi connectivity index (χ0v) is 28.3. The molecule has 4 aromatic rings. The number of esters is 1. The van der Waals surface area contributed by atoms with Crippen molar-refractivity contribution in [3.63, 3.8) is 0 Å². The monoisotopic (exact) mass is 682 g/mol. The van der Waals surface area contributed by atoms with Crippen LogP contribution in [0.25, 0.3) is 6.08 Å². The van der Waals surface area contributed by atoms with E-state index in [-0.39, 0.29) is 23.3 Å². The van der Waals surface area contributed by atoms with Gasteiger partial charge in [-0.15, -0.1) is 23.1 Å². The standard InChI is InChI=1S/C36H34N4O6S2/c1-22-12-14-24(15-13-22)18-29(38-33(43)25-8-5-4-6-9-25)34(44)37-26-10-7-11-27(19-26)47-21-31(42)39-35-32(36(45)46-3)28-16-17-40(23(2)41)20-30(28)48-35/h4-15,18-19H,16-17,20-21H2,1-3H3,(H,37,44)(H,38,43)(H,39,42)/b29-18-. The average Bonchev–Trinajstić information content (AvgIpc) is 3.45. The summed E-state index contributed by atoms with van der Waals surface area (Å²) in [6.07, 6.45) is 2.11. The van der Waals surface area contributed by atoms with Crippen molar-refractivity contribution in [3.05, 3.63) is 117 Å². The number of ether oxygens (including phenoxy) is 1. The third-order valence-corrected chi connectivity index (χ3v) is 9.65. The van der Waals surface area contributed by atoms with Crippen molar-refractivity contribution in [1.82, 2.24) is 10.2 Å². The second-order valence-corrected chi connectivity index (χ2v) is 13.2. The van der Waals surface area contributed by atoms with Gasteiger partial charge in [0.2, 0.25) is 11.8 Å². The molecule has 3 aromatic carbocycles. The van der Waals surface area contributed by atoms with E-state index in [1.54, 1.807) is 59.5 Å². The Hall–Kier alpha value is -5.20. The molecule has 0 aliphatic carbocycles. The summed E-state index contributed by atoms with van der Waals surface area (Å²) in [4.78, 5) is 67.3. The van der Waals surface area contributed by atoms with Crippen LogP contribution in [0.15, 0.2) is 89.5 Å². The van der Waals surface area contributed by atoms with Gasteiger partial charge in [0.05, 0.1) is 25.0 Å². The Morgan fingerprint density at radius 3 is 2.42 bits per heavy atom. The van der Waals surface area contributed by atoms with E-state index in [0.29, 0.717) is 41.3 Å². The van der Waals surface area contributed by atoms with Crippen LogP contribution in [-0.4, -0.2) is 53.9 Å². The van der Waals surface area contributed by atoms with Gasteiger partial charge in [-0.3, -0.25) is 19.2 Å². The first-order valence-corrected chi connectivity index (χ1v) is 16.9. The molecule has 0 radical (unpaired) electrons. The molecule has 10 nitrogen and oxygen atoms in total.